The number of para-hydroxylation sites is 1. The first kappa shape index (κ1) is 15.0. The highest BCUT2D eigenvalue weighted by Crippen LogP contribution is 2.33. The highest BCUT2D eigenvalue weighted by molar-refractivity contribution is 5.93. The molecular formula is C17H21NO4. The lowest BCUT2D eigenvalue weighted by atomic mass is 9.87. The smallest absolute Gasteiger partial charge is 0.260 e. The van der Waals surface area contributed by atoms with Gasteiger partial charge in [-0.1, -0.05) is 18.2 Å². The van der Waals surface area contributed by atoms with Gasteiger partial charge in [0, 0.05) is 19.6 Å². The Hall–Kier alpha value is -1.88. The van der Waals surface area contributed by atoms with Crippen LogP contribution in [0.1, 0.15) is 24.8 Å². The largest absolute Gasteiger partial charge is 0.484 e. The summed E-state index contributed by atoms with van der Waals surface area (Å²) in [5.41, 5.74) is 0.372. The molecule has 3 rings (SSSR count). The van der Waals surface area contributed by atoms with Crippen LogP contribution >= 0.6 is 0 Å². The zero-order valence-electron chi connectivity index (χ0n) is 12.8. The molecule has 0 N–H and O–H groups in total. The molecule has 1 aromatic rings. The predicted molar refractivity (Wildman–Crippen MR) is 80.8 cm³/mol. The SMILES string of the molecule is Cc1ccccc1OCC(=O)N1CC[C@]2(CCCO2)C(=O)C1. The Morgan fingerprint density at radius 2 is 2.18 bits per heavy atom. The van der Waals surface area contributed by atoms with Gasteiger partial charge in [-0.15, -0.1) is 0 Å². The van der Waals surface area contributed by atoms with Crippen molar-refractivity contribution in [2.24, 2.45) is 0 Å². The molecule has 2 aliphatic rings. The van der Waals surface area contributed by atoms with Gasteiger partial charge in [0.2, 0.25) is 0 Å². The molecule has 5 heteroatoms. The number of likely N-dealkylation sites (tertiary alicyclic amines) is 1. The Kier molecular flexibility index (Phi) is 4.16. The first-order chi connectivity index (χ1) is 10.6. The van der Waals surface area contributed by atoms with E-state index in [2.05, 4.69) is 0 Å². The van der Waals surface area contributed by atoms with Crippen LogP contribution in [0.25, 0.3) is 0 Å². The number of ketones is 1. The summed E-state index contributed by atoms with van der Waals surface area (Å²) in [6, 6.07) is 7.57. The zero-order valence-corrected chi connectivity index (χ0v) is 12.8. The molecule has 2 heterocycles. The molecule has 0 aliphatic carbocycles. The third-order valence-corrected chi connectivity index (χ3v) is 4.53. The number of hydrogen-bond donors (Lipinski definition) is 0. The fourth-order valence-corrected chi connectivity index (χ4v) is 3.13. The Labute approximate surface area is 130 Å². The van der Waals surface area contributed by atoms with E-state index in [0.29, 0.717) is 25.3 Å². The number of amides is 1. The molecule has 22 heavy (non-hydrogen) atoms. The van der Waals surface area contributed by atoms with Crippen molar-refractivity contribution in [2.45, 2.75) is 31.8 Å². The molecule has 118 valence electrons. The molecule has 0 aromatic heterocycles. The molecule has 2 aliphatic heterocycles. The van der Waals surface area contributed by atoms with Crippen molar-refractivity contribution in [1.82, 2.24) is 4.90 Å². The summed E-state index contributed by atoms with van der Waals surface area (Å²) in [4.78, 5) is 26.1. The summed E-state index contributed by atoms with van der Waals surface area (Å²) in [5, 5.41) is 0. The number of benzene rings is 1. The van der Waals surface area contributed by atoms with Crippen molar-refractivity contribution in [3.05, 3.63) is 29.8 Å². The van der Waals surface area contributed by atoms with E-state index in [1.807, 2.05) is 31.2 Å². The van der Waals surface area contributed by atoms with E-state index in [-0.39, 0.29) is 24.8 Å². The minimum absolute atomic E-state index is 0.0282. The average molecular weight is 303 g/mol. The minimum atomic E-state index is -0.617. The van der Waals surface area contributed by atoms with E-state index in [4.69, 9.17) is 9.47 Å². The van der Waals surface area contributed by atoms with Crippen LogP contribution in [0.4, 0.5) is 0 Å². The van der Waals surface area contributed by atoms with Gasteiger partial charge in [0.25, 0.3) is 5.91 Å². The van der Waals surface area contributed by atoms with Crippen molar-refractivity contribution in [2.75, 3.05) is 26.3 Å². The molecule has 0 saturated carbocycles. The number of carbonyl (C=O) groups excluding carboxylic acids is 2. The third-order valence-electron chi connectivity index (χ3n) is 4.53. The van der Waals surface area contributed by atoms with E-state index in [1.165, 1.54) is 0 Å². The number of hydrogen-bond acceptors (Lipinski definition) is 4. The molecule has 1 atom stereocenters. The Bertz CT molecular complexity index is 578. The molecule has 0 radical (unpaired) electrons. The maximum Gasteiger partial charge on any atom is 0.260 e. The number of ether oxygens (including phenoxy) is 2. The van der Waals surface area contributed by atoms with Crippen molar-refractivity contribution >= 4 is 11.7 Å². The summed E-state index contributed by atoms with van der Waals surface area (Å²) >= 11 is 0. The zero-order chi connectivity index (χ0) is 15.6. The third kappa shape index (κ3) is 2.86. The van der Waals surface area contributed by atoms with Crippen LogP contribution in [0, 0.1) is 6.92 Å². The van der Waals surface area contributed by atoms with Gasteiger partial charge < -0.3 is 14.4 Å². The van der Waals surface area contributed by atoms with Gasteiger partial charge >= 0.3 is 0 Å². The van der Waals surface area contributed by atoms with Crippen LogP contribution in [-0.4, -0.2) is 48.5 Å². The molecule has 1 amide bonds. The van der Waals surface area contributed by atoms with Crippen molar-refractivity contribution in [1.29, 1.82) is 0 Å². The minimum Gasteiger partial charge on any atom is -0.484 e. The highest BCUT2D eigenvalue weighted by Gasteiger charge is 2.46. The number of carbonyl (C=O) groups is 2. The van der Waals surface area contributed by atoms with Crippen LogP contribution in [0.3, 0.4) is 0 Å². The van der Waals surface area contributed by atoms with E-state index >= 15 is 0 Å². The summed E-state index contributed by atoms with van der Waals surface area (Å²) in [6.45, 7) is 3.24. The maximum atomic E-state index is 12.3. The topological polar surface area (TPSA) is 55.8 Å². The van der Waals surface area contributed by atoms with E-state index in [9.17, 15) is 9.59 Å². The van der Waals surface area contributed by atoms with E-state index in [1.54, 1.807) is 4.90 Å². The van der Waals surface area contributed by atoms with Crippen LogP contribution in [0.2, 0.25) is 0 Å². The fourth-order valence-electron chi connectivity index (χ4n) is 3.13. The van der Waals surface area contributed by atoms with E-state index in [0.717, 1.165) is 18.4 Å². The normalized spacial score (nSPS) is 24.8. The first-order valence-corrected chi connectivity index (χ1v) is 7.74. The molecule has 0 unspecified atom stereocenters. The van der Waals surface area contributed by atoms with Gasteiger partial charge in [-0.25, -0.2) is 0 Å². The number of nitrogens with zero attached hydrogens (tertiary/aromatic N) is 1. The maximum absolute atomic E-state index is 12.3. The monoisotopic (exact) mass is 303 g/mol. The number of rotatable bonds is 3. The summed E-state index contributed by atoms with van der Waals surface area (Å²) < 4.78 is 11.2. The van der Waals surface area contributed by atoms with Crippen molar-refractivity contribution in [3.8, 4) is 5.75 Å². The molecule has 2 saturated heterocycles. The average Bonchev–Trinajstić information content (AvgIpc) is 2.99. The lowest BCUT2D eigenvalue weighted by Gasteiger charge is -2.37. The predicted octanol–water partition coefficient (Wildman–Crippen LogP) is 1.72. The van der Waals surface area contributed by atoms with Gasteiger partial charge in [-0.2, -0.15) is 0 Å². The van der Waals surface area contributed by atoms with Gasteiger partial charge in [-0.3, -0.25) is 9.59 Å². The lowest BCUT2D eigenvalue weighted by Crippen LogP contribution is -2.54. The highest BCUT2D eigenvalue weighted by atomic mass is 16.5. The quantitative estimate of drug-likeness (QED) is 0.853. The first-order valence-electron chi connectivity index (χ1n) is 7.74. The van der Waals surface area contributed by atoms with Crippen molar-refractivity contribution < 1.29 is 19.1 Å². The van der Waals surface area contributed by atoms with Crippen LogP contribution < -0.4 is 4.74 Å². The van der Waals surface area contributed by atoms with Gasteiger partial charge in [0.1, 0.15) is 11.4 Å². The number of aryl methyl sites for hydroxylation is 1. The second kappa shape index (κ2) is 6.08. The molecular weight excluding hydrogens is 282 g/mol. The summed E-state index contributed by atoms with van der Waals surface area (Å²) in [5.74, 6) is 0.583. The van der Waals surface area contributed by atoms with Gasteiger partial charge in [0.15, 0.2) is 12.4 Å². The van der Waals surface area contributed by atoms with Crippen molar-refractivity contribution in [3.63, 3.8) is 0 Å². The van der Waals surface area contributed by atoms with Crippen LogP contribution in [0.15, 0.2) is 24.3 Å². The van der Waals surface area contributed by atoms with E-state index < -0.39 is 5.60 Å². The van der Waals surface area contributed by atoms with Gasteiger partial charge in [-0.05, 0) is 31.4 Å². The second-order valence-electron chi connectivity index (χ2n) is 5.99. The fraction of sp³-hybridized carbons (Fsp3) is 0.529. The molecule has 1 aromatic carbocycles. The second-order valence-corrected chi connectivity index (χ2v) is 5.99. The van der Waals surface area contributed by atoms with Crippen LogP contribution in [0.5, 0.6) is 5.75 Å². The summed E-state index contributed by atoms with van der Waals surface area (Å²) in [6.07, 6.45) is 2.31. The molecule has 2 fully saturated rings. The standard InChI is InChI=1S/C17H21NO4/c1-13-5-2-3-6-14(13)21-12-16(20)18-9-8-17(15(19)11-18)7-4-10-22-17/h2-3,5-6H,4,7-12H2,1H3/t17-/m1/s1. The Morgan fingerprint density at radius 1 is 1.36 bits per heavy atom. The van der Waals surface area contributed by atoms with Crippen LogP contribution in [-0.2, 0) is 14.3 Å². The number of Topliss-reactive ketones (excluding diaryl/α,β-unsaturated/α-hetero) is 1. The molecule has 1 spiro atoms. The molecule has 5 nitrogen and oxygen atoms in total. The van der Waals surface area contributed by atoms with Gasteiger partial charge in [0.05, 0.1) is 6.54 Å². The summed E-state index contributed by atoms with van der Waals surface area (Å²) in [7, 11) is 0. The lowest BCUT2D eigenvalue weighted by molar-refractivity contribution is -0.153. The Morgan fingerprint density at radius 3 is 2.86 bits per heavy atom. The Balaban J connectivity index is 1.55. The molecule has 0 bridgehead atoms. The number of piperidine rings is 1.